The average Bonchev–Trinajstić information content (AvgIpc) is 2.67. The average molecular weight is 440 g/mol. The number of hydrogen-bond acceptors (Lipinski definition) is 5. The third-order valence-electron chi connectivity index (χ3n) is 5.19. The Bertz CT molecular complexity index is 808. The minimum atomic E-state index is -2.88. The minimum Gasteiger partial charge on any atom is -0.465 e. The van der Waals surface area contributed by atoms with Gasteiger partial charge in [0.2, 0.25) is 11.8 Å². The van der Waals surface area contributed by atoms with Gasteiger partial charge in [-0.2, -0.15) is 0 Å². The van der Waals surface area contributed by atoms with Crippen LogP contribution in [0.1, 0.15) is 75.3 Å². The second-order valence-electron chi connectivity index (χ2n) is 8.87. The van der Waals surface area contributed by atoms with Crippen molar-refractivity contribution in [3.8, 4) is 0 Å². The zero-order valence-electron chi connectivity index (χ0n) is 18.5. The summed E-state index contributed by atoms with van der Waals surface area (Å²) in [6.07, 6.45) is -2.28. The molecule has 1 atom stereocenters. The molecule has 1 aromatic carbocycles. The first-order valence-electron chi connectivity index (χ1n) is 10.2. The molecule has 0 saturated heterocycles. The first-order valence-corrected chi connectivity index (χ1v) is 10.2. The quantitative estimate of drug-likeness (QED) is 0.672. The van der Waals surface area contributed by atoms with Gasteiger partial charge < -0.3 is 20.1 Å². The zero-order chi connectivity index (χ0) is 23.4. The standard InChI is InChI=1S/C22H30F2N2O5/c1-14(15-6-8-16(9-7-15)17(27)30-5)25-18(28)21(10-12-22(23,24)13-11-21)26-19(29)31-20(2,3)4/h6-9,14H,10-13H2,1-5H3,(H,25,28)(H,26,29). The molecule has 9 heteroatoms. The van der Waals surface area contributed by atoms with Gasteiger partial charge in [-0.25, -0.2) is 18.4 Å². The van der Waals surface area contributed by atoms with E-state index in [0.29, 0.717) is 11.1 Å². The highest BCUT2D eigenvalue weighted by atomic mass is 19.3. The van der Waals surface area contributed by atoms with Gasteiger partial charge in [0.15, 0.2) is 0 Å². The maximum Gasteiger partial charge on any atom is 0.408 e. The van der Waals surface area contributed by atoms with Crippen LogP contribution in [0.15, 0.2) is 24.3 Å². The summed E-state index contributed by atoms with van der Waals surface area (Å²) in [7, 11) is 1.28. The van der Waals surface area contributed by atoms with Crippen molar-refractivity contribution in [2.45, 2.75) is 76.5 Å². The van der Waals surface area contributed by atoms with E-state index in [1.807, 2.05) is 0 Å². The second-order valence-corrected chi connectivity index (χ2v) is 8.87. The van der Waals surface area contributed by atoms with Gasteiger partial charge in [-0.15, -0.1) is 0 Å². The number of carbonyl (C=O) groups excluding carboxylic acids is 3. The Morgan fingerprint density at radius 3 is 2.06 bits per heavy atom. The summed E-state index contributed by atoms with van der Waals surface area (Å²) >= 11 is 0. The number of rotatable bonds is 5. The van der Waals surface area contributed by atoms with E-state index in [-0.39, 0.29) is 12.8 Å². The van der Waals surface area contributed by atoms with Crippen molar-refractivity contribution in [1.82, 2.24) is 10.6 Å². The fourth-order valence-corrected chi connectivity index (χ4v) is 3.39. The molecule has 1 unspecified atom stereocenters. The van der Waals surface area contributed by atoms with Crippen LogP contribution in [0.25, 0.3) is 0 Å². The third-order valence-corrected chi connectivity index (χ3v) is 5.19. The predicted octanol–water partition coefficient (Wildman–Crippen LogP) is 4.12. The van der Waals surface area contributed by atoms with E-state index in [9.17, 15) is 23.2 Å². The fourth-order valence-electron chi connectivity index (χ4n) is 3.39. The molecular formula is C22H30F2N2O5. The Hall–Kier alpha value is -2.71. The normalized spacial score (nSPS) is 18.4. The molecule has 0 aromatic heterocycles. The Kier molecular flexibility index (Phi) is 7.28. The van der Waals surface area contributed by atoms with Crippen molar-refractivity contribution in [3.63, 3.8) is 0 Å². The van der Waals surface area contributed by atoms with Crippen molar-refractivity contribution in [3.05, 3.63) is 35.4 Å². The van der Waals surface area contributed by atoms with E-state index in [0.717, 1.165) is 0 Å². The lowest BCUT2D eigenvalue weighted by atomic mass is 9.79. The molecular weight excluding hydrogens is 410 g/mol. The molecule has 2 rings (SSSR count). The van der Waals surface area contributed by atoms with Crippen LogP contribution in [0, 0.1) is 0 Å². The van der Waals surface area contributed by atoms with E-state index in [1.54, 1.807) is 52.0 Å². The lowest BCUT2D eigenvalue weighted by molar-refractivity contribution is -0.134. The molecule has 0 bridgehead atoms. The number of methoxy groups -OCH3 is 1. The highest BCUT2D eigenvalue weighted by Crippen LogP contribution is 2.39. The van der Waals surface area contributed by atoms with Crippen LogP contribution in [0.5, 0.6) is 0 Å². The Labute approximate surface area is 180 Å². The van der Waals surface area contributed by atoms with Crippen molar-refractivity contribution < 1.29 is 32.6 Å². The Morgan fingerprint density at radius 1 is 1.03 bits per heavy atom. The molecule has 1 saturated carbocycles. The van der Waals surface area contributed by atoms with Crippen molar-refractivity contribution in [2.75, 3.05) is 7.11 Å². The summed E-state index contributed by atoms with van der Waals surface area (Å²) in [5.74, 6) is -3.92. The third kappa shape index (κ3) is 6.63. The maximum atomic E-state index is 13.8. The smallest absolute Gasteiger partial charge is 0.408 e. The molecule has 0 heterocycles. The summed E-state index contributed by atoms with van der Waals surface area (Å²) in [4.78, 5) is 37.0. The maximum absolute atomic E-state index is 13.8. The summed E-state index contributed by atoms with van der Waals surface area (Å²) in [6, 6.07) is 5.98. The lowest BCUT2D eigenvalue weighted by Gasteiger charge is -2.40. The molecule has 7 nitrogen and oxygen atoms in total. The molecule has 1 aromatic rings. The van der Waals surface area contributed by atoms with Gasteiger partial charge in [-0.05, 0) is 58.2 Å². The fraction of sp³-hybridized carbons (Fsp3) is 0.591. The number of benzene rings is 1. The van der Waals surface area contributed by atoms with E-state index in [1.165, 1.54) is 7.11 Å². The molecule has 0 radical (unpaired) electrons. The molecule has 0 aliphatic heterocycles. The lowest BCUT2D eigenvalue weighted by Crippen LogP contribution is -2.62. The molecule has 2 N–H and O–H groups in total. The summed E-state index contributed by atoms with van der Waals surface area (Å²) < 4.78 is 37.4. The summed E-state index contributed by atoms with van der Waals surface area (Å²) in [5.41, 5.74) is -1.23. The van der Waals surface area contributed by atoms with Gasteiger partial charge in [0, 0.05) is 12.8 Å². The number of alkyl halides is 2. The van der Waals surface area contributed by atoms with Gasteiger partial charge in [0.25, 0.3) is 0 Å². The number of hydrogen-bond donors (Lipinski definition) is 2. The van der Waals surface area contributed by atoms with Gasteiger partial charge in [0.05, 0.1) is 18.7 Å². The number of amides is 2. The van der Waals surface area contributed by atoms with Gasteiger partial charge >= 0.3 is 12.1 Å². The van der Waals surface area contributed by atoms with Crippen LogP contribution in [0.4, 0.5) is 13.6 Å². The van der Waals surface area contributed by atoms with Crippen LogP contribution in [0.3, 0.4) is 0 Å². The van der Waals surface area contributed by atoms with Crippen LogP contribution < -0.4 is 10.6 Å². The topological polar surface area (TPSA) is 93.7 Å². The predicted molar refractivity (Wildman–Crippen MR) is 110 cm³/mol. The molecule has 1 aliphatic rings. The Morgan fingerprint density at radius 2 is 1.58 bits per heavy atom. The molecule has 172 valence electrons. The van der Waals surface area contributed by atoms with Gasteiger partial charge in [0.1, 0.15) is 11.1 Å². The van der Waals surface area contributed by atoms with Crippen LogP contribution in [-0.4, -0.2) is 42.1 Å². The highest BCUT2D eigenvalue weighted by Gasteiger charge is 2.49. The number of ether oxygens (including phenoxy) is 2. The minimum absolute atomic E-state index is 0.209. The molecule has 2 amide bonds. The summed E-state index contributed by atoms with van der Waals surface area (Å²) in [6.45, 7) is 6.75. The van der Waals surface area contributed by atoms with Crippen molar-refractivity contribution in [1.29, 1.82) is 0 Å². The van der Waals surface area contributed by atoms with Gasteiger partial charge in [-0.1, -0.05) is 12.1 Å². The Balaban J connectivity index is 2.16. The zero-order valence-corrected chi connectivity index (χ0v) is 18.5. The van der Waals surface area contributed by atoms with Crippen LogP contribution >= 0.6 is 0 Å². The van der Waals surface area contributed by atoms with Crippen LogP contribution in [-0.2, 0) is 14.3 Å². The second kappa shape index (κ2) is 9.20. The van der Waals surface area contributed by atoms with Crippen molar-refractivity contribution in [2.24, 2.45) is 0 Å². The molecule has 31 heavy (non-hydrogen) atoms. The SMILES string of the molecule is COC(=O)c1ccc(C(C)NC(=O)C2(NC(=O)OC(C)(C)C)CCC(F)(F)CC2)cc1. The first kappa shape index (κ1) is 24.6. The van der Waals surface area contributed by atoms with E-state index >= 15 is 0 Å². The summed E-state index contributed by atoms with van der Waals surface area (Å²) in [5, 5.41) is 5.34. The largest absolute Gasteiger partial charge is 0.465 e. The number of esters is 1. The monoisotopic (exact) mass is 440 g/mol. The van der Waals surface area contributed by atoms with Gasteiger partial charge in [-0.3, -0.25) is 4.79 Å². The molecule has 0 spiro atoms. The van der Waals surface area contributed by atoms with E-state index < -0.39 is 53.9 Å². The molecule has 1 fully saturated rings. The van der Waals surface area contributed by atoms with Crippen LogP contribution in [0.2, 0.25) is 0 Å². The first-order chi connectivity index (χ1) is 14.3. The highest BCUT2D eigenvalue weighted by molar-refractivity contribution is 5.91. The number of halogens is 2. The number of carbonyl (C=O) groups is 3. The molecule has 1 aliphatic carbocycles. The van der Waals surface area contributed by atoms with E-state index in [4.69, 9.17) is 4.74 Å². The number of nitrogens with one attached hydrogen (secondary N) is 2. The van der Waals surface area contributed by atoms with E-state index in [2.05, 4.69) is 15.4 Å². The van der Waals surface area contributed by atoms with Crippen molar-refractivity contribution >= 4 is 18.0 Å². The number of alkyl carbamates (subject to hydrolysis) is 1.